The van der Waals surface area contributed by atoms with Gasteiger partial charge < -0.3 is 10.6 Å². The summed E-state index contributed by atoms with van der Waals surface area (Å²) in [5.74, 6) is 0.757. The topological polar surface area (TPSA) is 58.2 Å². The van der Waals surface area contributed by atoms with Crippen molar-refractivity contribution in [2.24, 2.45) is 11.8 Å². The highest BCUT2D eigenvalue weighted by molar-refractivity contribution is 5.87. The zero-order valence-corrected chi connectivity index (χ0v) is 13.9. The number of hydrogen-bond acceptors (Lipinski definition) is 2. The molecule has 1 aliphatic rings. The maximum Gasteiger partial charge on any atom is 0.242 e. The first-order valence-electron chi connectivity index (χ1n) is 8.63. The molecule has 0 aliphatic heterocycles. The summed E-state index contributed by atoms with van der Waals surface area (Å²) in [7, 11) is 0. The van der Waals surface area contributed by atoms with Crippen LogP contribution in [0.15, 0.2) is 0 Å². The maximum atomic E-state index is 12.4. The average molecular weight is 296 g/mol. The number of hydrogen-bond donors (Lipinski definition) is 2. The van der Waals surface area contributed by atoms with Crippen LogP contribution in [-0.4, -0.2) is 24.4 Å². The summed E-state index contributed by atoms with van der Waals surface area (Å²) in [6.45, 7) is 6.59. The number of amides is 2. The largest absolute Gasteiger partial charge is 0.354 e. The van der Waals surface area contributed by atoms with Gasteiger partial charge in [-0.2, -0.15) is 0 Å². The first kappa shape index (κ1) is 18.0. The first-order valence-corrected chi connectivity index (χ1v) is 8.63. The van der Waals surface area contributed by atoms with Crippen LogP contribution in [-0.2, 0) is 9.59 Å². The fraction of sp³-hybridized carbons (Fsp3) is 0.882. The molecule has 21 heavy (non-hydrogen) atoms. The van der Waals surface area contributed by atoms with Gasteiger partial charge in [0.2, 0.25) is 11.8 Å². The van der Waals surface area contributed by atoms with Gasteiger partial charge in [-0.3, -0.25) is 9.59 Å². The number of rotatable bonds is 9. The number of carbonyl (C=O) groups excluding carboxylic acids is 2. The Balaban J connectivity index is 2.49. The van der Waals surface area contributed by atoms with E-state index in [0.29, 0.717) is 11.8 Å². The normalized spacial score (nSPS) is 18.2. The van der Waals surface area contributed by atoms with Crippen molar-refractivity contribution in [3.63, 3.8) is 0 Å². The lowest BCUT2D eigenvalue weighted by molar-refractivity contribution is -0.129. The van der Waals surface area contributed by atoms with Crippen molar-refractivity contribution in [3.05, 3.63) is 0 Å². The van der Waals surface area contributed by atoms with Gasteiger partial charge in [0, 0.05) is 13.5 Å². The van der Waals surface area contributed by atoms with E-state index in [-0.39, 0.29) is 17.9 Å². The Morgan fingerprint density at radius 3 is 2.38 bits per heavy atom. The minimum absolute atomic E-state index is 0.00653. The van der Waals surface area contributed by atoms with E-state index >= 15 is 0 Å². The Morgan fingerprint density at radius 1 is 1.19 bits per heavy atom. The van der Waals surface area contributed by atoms with E-state index in [1.807, 2.05) is 0 Å². The van der Waals surface area contributed by atoms with Crippen molar-refractivity contribution in [1.29, 1.82) is 0 Å². The van der Waals surface area contributed by atoms with E-state index in [1.54, 1.807) is 0 Å². The number of nitrogens with one attached hydrogen (secondary N) is 2. The Bertz CT molecular complexity index is 325. The third-order valence-electron chi connectivity index (χ3n) is 4.62. The van der Waals surface area contributed by atoms with E-state index < -0.39 is 0 Å². The lowest BCUT2D eigenvalue weighted by Crippen LogP contribution is -2.50. The van der Waals surface area contributed by atoms with Gasteiger partial charge in [-0.25, -0.2) is 0 Å². The van der Waals surface area contributed by atoms with Gasteiger partial charge >= 0.3 is 0 Å². The van der Waals surface area contributed by atoms with Crippen LogP contribution in [0.3, 0.4) is 0 Å². The average Bonchev–Trinajstić information content (AvgIpc) is 2.98. The molecule has 2 amide bonds. The smallest absolute Gasteiger partial charge is 0.242 e. The predicted molar refractivity (Wildman–Crippen MR) is 85.9 cm³/mol. The summed E-state index contributed by atoms with van der Waals surface area (Å²) in [4.78, 5) is 23.8. The van der Waals surface area contributed by atoms with Gasteiger partial charge in [0.15, 0.2) is 0 Å². The van der Waals surface area contributed by atoms with E-state index in [1.165, 1.54) is 39.0 Å². The highest BCUT2D eigenvalue weighted by atomic mass is 16.2. The Morgan fingerprint density at radius 2 is 1.86 bits per heavy atom. The van der Waals surface area contributed by atoms with Gasteiger partial charge in [0.25, 0.3) is 0 Å². The minimum Gasteiger partial charge on any atom is -0.354 e. The van der Waals surface area contributed by atoms with Crippen LogP contribution in [0.25, 0.3) is 0 Å². The molecule has 0 aromatic carbocycles. The maximum absolute atomic E-state index is 12.4. The monoisotopic (exact) mass is 296 g/mol. The van der Waals surface area contributed by atoms with Gasteiger partial charge in [-0.05, 0) is 31.1 Å². The van der Waals surface area contributed by atoms with Crippen molar-refractivity contribution in [2.75, 3.05) is 6.54 Å². The first-order chi connectivity index (χ1) is 10.1. The van der Waals surface area contributed by atoms with E-state index in [4.69, 9.17) is 0 Å². The van der Waals surface area contributed by atoms with Gasteiger partial charge in [-0.15, -0.1) is 0 Å². The molecule has 1 aliphatic carbocycles. The summed E-state index contributed by atoms with van der Waals surface area (Å²) in [6, 6.07) is -0.339. The third-order valence-corrected chi connectivity index (χ3v) is 4.62. The summed E-state index contributed by atoms with van der Waals surface area (Å²) in [5, 5.41) is 5.93. The molecular formula is C17H32N2O2. The molecule has 1 fully saturated rings. The van der Waals surface area contributed by atoms with Crippen molar-refractivity contribution in [3.8, 4) is 0 Å². The summed E-state index contributed by atoms with van der Waals surface area (Å²) < 4.78 is 0. The molecule has 0 saturated heterocycles. The van der Waals surface area contributed by atoms with E-state index in [0.717, 1.165) is 25.8 Å². The zero-order valence-electron chi connectivity index (χ0n) is 13.9. The standard InChI is InChI=1S/C17H32N2O2/c1-4-6-9-14(5-2)12-18-17(21)16(19-13(3)20)15-10-7-8-11-15/h14-16H,4-12H2,1-3H3,(H,18,21)(H,19,20). The van der Waals surface area contributed by atoms with Gasteiger partial charge in [0.05, 0.1) is 0 Å². The molecule has 122 valence electrons. The van der Waals surface area contributed by atoms with Crippen LogP contribution in [0.2, 0.25) is 0 Å². The number of unbranched alkanes of at least 4 members (excludes halogenated alkanes) is 1. The van der Waals surface area contributed by atoms with E-state index in [9.17, 15) is 9.59 Å². The SMILES string of the molecule is CCCCC(CC)CNC(=O)C(NC(C)=O)C1CCCC1. The van der Waals surface area contributed by atoms with Crippen LogP contribution >= 0.6 is 0 Å². The fourth-order valence-electron chi connectivity index (χ4n) is 3.21. The molecule has 4 nitrogen and oxygen atoms in total. The molecule has 2 atom stereocenters. The molecule has 2 unspecified atom stereocenters. The van der Waals surface area contributed by atoms with Crippen molar-refractivity contribution in [1.82, 2.24) is 10.6 Å². The number of carbonyl (C=O) groups is 2. The molecule has 1 saturated carbocycles. The molecular weight excluding hydrogens is 264 g/mol. The summed E-state index contributed by atoms with van der Waals surface area (Å²) in [6.07, 6.45) is 9.10. The summed E-state index contributed by atoms with van der Waals surface area (Å²) >= 11 is 0. The van der Waals surface area contributed by atoms with Crippen LogP contribution in [0, 0.1) is 11.8 Å². The van der Waals surface area contributed by atoms with Crippen molar-refractivity contribution >= 4 is 11.8 Å². The summed E-state index contributed by atoms with van der Waals surface area (Å²) in [5.41, 5.74) is 0. The quantitative estimate of drug-likeness (QED) is 0.687. The van der Waals surface area contributed by atoms with Crippen LogP contribution in [0.5, 0.6) is 0 Å². The van der Waals surface area contributed by atoms with Crippen LogP contribution in [0.1, 0.15) is 72.1 Å². The molecule has 0 radical (unpaired) electrons. The van der Waals surface area contributed by atoms with Crippen molar-refractivity contribution < 1.29 is 9.59 Å². The molecule has 0 heterocycles. The van der Waals surface area contributed by atoms with Crippen LogP contribution in [0.4, 0.5) is 0 Å². The Kier molecular flexibility index (Phi) is 8.40. The Hall–Kier alpha value is -1.06. The van der Waals surface area contributed by atoms with E-state index in [2.05, 4.69) is 24.5 Å². The highest BCUT2D eigenvalue weighted by Gasteiger charge is 2.31. The zero-order chi connectivity index (χ0) is 15.7. The lowest BCUT2D eigenvalue weighted by Gasteiger charge is -2.24. The molecule has 4 heteroatoms. The predicted octanol–water partition coefficient (Wildman–Crippen LogP) is 3.01. The second-order valence-corrected chi connectivity index (χ2v) is 6.38. The fourth-order valence-corrected chi connectivity index (χ4v) is 3.21. The molecule has 0 bridgehead atoms. The van der Waals surface area contributed by atoms with Crippen LogP contribution < -0.4 is 10.6 Å². The second kappa shape index (κ2) is 9.80. The second-order valence-electron chi connectivity index (χ2n) is 6.38. The highest BCUT2D eigenvalue weighted by Crippen LogP contribution is 2.28. The van der Waals surface area contributed by atoms with Gasteiger partial charge in [0.1, 0.15) is 6.04 Å². The Labute approximate surface area is 129 Å². The third kappa shape index (κ3) is 6.49. The molecule has 0 aromatic rings. The molecule has 2 N–H and O–H groups in total. The molecule has 0 aromatic heterocycles. The molecule has 0 spiro atoms. The molecule has 1 rings (SSSR count). The van der Waals surface area contributed by atoms with Crippen molar-refractivity contribution in [2.45, 2.75) is 78.2 Å². The minimum atomic E-state index is -0.339. The lowest BCUT2D eigenvalue weighted by atomic mass is 9.96. The van der Waals surface area contributed by atoms with Gasteiger partial charge in [-0.1, -0.05) is 46.0 Å².